The zero-order chi connectivity index (χ0) is 20.1. The molecule has 0 aliphatic heterocycles. The fourth-order valence-electron chi connectivity index (χ4n) is 3.05. The molecule has 0 atom stereocenters. The molecule has 2 aromatic heterocycles. The van der Waals surface area contributed by atoms with Gasteiger partial charge in [0.2, 0.25) is 11.8 Å². The fraction of sp³-hybridized carbons (Fsp3) is 0.381. The second-order valence-electron chi connectivity index (χ2n) is 6.65. The molecule has 0 bridgehead atoms. The number of rotatable bonds is 8. The molecule has 28 heavy (non-hydrogen) atoms. The molecular weight excluding hydrogens is 394 g/mol. The lowest BCUT2D eigenvalue weighted by Gasteiger charge is -2.19. The van der Waals surface area contributed by atoms with Crippen molar-refractivity contribution >= 4 is 28.8 Å². The van der Waals surface area contributed by atoms with E-state index in [4.69, 9.17) is 16.0 Å². The minimum absolute atomic E-state index is 0.00907. The normalized spacial score (nSPS) is 11.0. The number of carbonyl (C=O) groups is 1. The van der Waals surface area contributed by atoms with Crippen LogP contribution in [0.1, 0.15) is 52.7 Å². The van der Waals surface area contributed by atoms with E-state index >= 15 is 0 Å². The Kier molecular flexibility index (Phi) is 6.86. The summed E-state index contributed by atoms with van der Waals surface area (Å²) in [5, 5.41) is 8.77. The molecule has 1 amide bonds. The molecule has 7 heteroatoms. The topological polar surface area (TPSA) is 59.2 Å². The summed E-state index contributed by atoms with van der Waals surface area (Å²) in [6, 6.07) is 9.35. The number of thiophene rings is 1. The van der Waals surface area contributed by atoms with Crippen LogP contribution in [0.4, 0.5) is 0 Å². The van der Waals surface area contributed by atoms with E-state index in [0.29, 0.717) is 28.9 Å². The molecule has 0 saturated carbocycles. The molecule has 0 N–H and O–H groups in total. The van der Waals surface area contributed by atoms with Crippen molar-refractivity contribution < 1.29 is 9.21 Å². The number of aromatic nitrogens is 2. The lowest BCUT2D eigenvalue weighted by atomic mass is 10.1. The number of benzene rings is 1. The van der Waals surface area contributed by atoms with E-state index in [9.17, 15) is 4.79 Å². The largest absolute Gasteiger partial charge is 0.419 e. The first kappa shape index (κ1) is 20.6. The van der Waals surface area contributed by atoms with Crippen molar-refractivity contribution in [1.29, 1.82) is 0 Å². The predicted molar refractivity (Wildman–Crippen MR) is 113 cm³/mol. The SMILES string of the molecule is CCCc1cc(C(=O)N(CCC)Cc2nnc(-c3ccccc3Cl)o2)sc1C. The van der Waals surface area contributed by atoms with Gasteiger partial charge in [0.05, 0.1) is 22.0 Å². The number of hydrogen-bond acceptors (Lipinski definition) is 5. The van der Waals surface area contributed by atoms with Crippen LogP contribution in [-0.4, -0.2) is 27.5 Å². The summed E-state index contributed by atoms with van der Waals surface area (Å²) in [5.41, 5.74) is 1.94. The molecule has 2 heterocycles. The van der Waals surface area contributed by atoms with Crippen LogP contribution in [0.2, 0.25) is 5.02 Å². The van der Waals surface area contributed by atoms with Crippen LogP contribution in [0.15, 0.2) is 34.7 Å². The lowest BCUT2D eigenvalue weighted by Crippen LogP contribution is -2.30. The molecule has 1 aromatic carbocycles. The second-order valence-corrected chi connectivity index (χ2v) is 8.31. The van der Waals surface area contributed by atoms with Gasteiger partial charge in [-0.05, 0) is 43.5 Å². The zero-order valence-electron chi connectivity index (χ0n) is 16.4. The Labute approximate surface area is 174 Å². The smallest absolute Gasteiger partial charge is 0.264 e. The van der Waals surface area contributed by atoms with Crippen molar-refractivity contribution in [2.24, 2.45) is 0 Å². The summed E-state index contributed by atoms with van der Waals surface area (Å²) in [5.74, 6) is 0.773. The summed E-state index contributed by atoms with van der Waals surface area (Å²) < 4.78 is 5.78. The third-order valence-electron chi connectivity index (χ3n) is 4.43. The summed E-state index contributed by atoms with van der Waals surface area (Å²) >= 11 is 7.76. The first-order valence-electron chi connectivity index (χ1n) is 9.49. The Morgan fingerprint density at radius 1 is 1.21 bits per heavy atom. The van der Waals surface area contributed by atoms with Gasteiger partial charge in [0.25, 0.3) is 5.91 Å². The van der Waals surface area contributed by atoms with Crippen molar-refractivity contribution in [2.45, 2.75) is 46.6 Å². The summed E-state index contributed by atoms with van der Waals surface area (Å²) in [6.45, 7) is 7.18. The molecule has 0 fully saturated rings. The van der Waals surface area contributed by atoms with Crippen molar-refractivity contribution in [1.82, 2.24) is 15.1 Å². The molecule has 5 nitrogen and oxygen atoms in total. The van der Waals surface area contributed by atoms with Gasteiger partial charge in [0, 0.05) is 11.4 Å². The van der Waals surface area contributed by atoms with Gasteiger partial charge in [-0.15, -0.1) is 21.5 Å². The molecule has 0 unspecified atom stereocenters. The van der Waals surface area contributed by atoms with Crippen LogP contribution in [0, 0.1) is 6.92 Å². The third kappa shape index (κ3) is 4.62. The first-order valence-corrected chi connectivity index (χ1v) is 10.7. The molecule has 0 spiro atoms. The van der Waals surface area contributed by atoms with E-state index in [2.05, 4.69) is 24.0 Å². The highest BCUT2D eigenvalue weighted by atomic mass is 35.5. The number of carbonyl (C=O) groups excluding carboxylic acids is 1. The maximum absolute atomic E-state index is 13.1. The number of aryl methyl sites for hydroxylation is 2. The van der Waals surface area contributed by atoms with E-state index in [1.54, 1.807) is 22.3 Å². The van der Waals surface area contributed by atoms with E-state index in [-0.39, 0.29) is 12.5 Å². The quantitative estimate of drug-likeness (QED) is 0.467. The molecular formula is C21H24ClN3O2S. The third-order valence-corrected chi connectivity index (χ3v) is 5.84. The Hall–Kier alpha value is -2.18. The van der Waals surface area contributed by atoms with E-state index in [1.807, 2.05) is 31.2 Å². The highest BCUT2D eigenvalue weighted by Gasteiger charge is 2.21. The number of nitrogens with zero attached hydrogens (tertiary/aromatic N) is 3. The van der Waals surface area contributed by atoms with Crippen LogP contribution in [0.25, 0.3) is 11.5 Å². The highest BCUT2D eigenvalue weighted by Crippen LogP contribution is 2.27. The van der Waals surface area contributed by atoms with Crippen LogP contribution in [-0.2, 0) is 13.0 Å². The van der Waals surface area contributed by atoms with Gasteiger partial charge < -0.3 is 9.32 Å². The van der Waals surface area contributed by atoms with Crippen molar-refractivity contribution in [3.63, 3.8) is 0 Å². The van der Waals surface area contributed by atoms with Crippen molar-refractivity contribution in [3.8, 4) is 11.5 Å². The van der Waals surface area contributed by atoms with E-state index in [0.717, 1.165) is 24.1 Å². The molecule has 0 aliphatic rings. The van der Waals surface area contributed by atoms with Gasteiger partial charge in [-0.2, -0.15) is 0 Å². The Bertz CT molecular complexity index is 951. The Morgan fingerprint density at radius 2 is 2.00 bits per heavy atom. The Balaban J connectivity index is 1.79. The fourth-order valence-corrected chi connectivity index (χ4v) is 4.30. The van der Waals surface area contributed by atoms with Gasteiger partial charge in [-0.25, -0.2) is 0 Å². The van der Waals surface area contributed by atoms with Crippen molar-refractivity contribution in [2.75, 3.05) is 6.54 Å². The minimum atomic E-state index is 0.00907. The molecule has 3 rings (SSSR count). The predicted octanol–water partition coefficient (Wildman–Crippen LogP) is 5.76. The van der Waals surface area contributed by atoms with Crippen LogP contribution in [0.3, 0.4) is 0 Å². The lowest BCUT2D eigenvalue weighted by molar-refractivity contribution is 0.0733. The maximum atomic E-state index is 13.1. The van der Waals surface area contributed by atoms with Gasteiger partial charge in [-0.1, -0.05) is 44.0 Å². The van der Waals surface area contributed by atoms with Crippen LogP contribution < -0.4 is 0 Å². The van der Waals surface area contributed by atoms with E-state index in [1.165, 1.54) is 10.4 Å². The molecule has 0 aliphatic carbocycles. The van der Waals surface area contributed by atoms with Gasteiger partial charge in [0.1, 0.15) is 0 Å². The number of halogens is 1. The molecule has 148 valence electrons. The van der Waals surface area contributed by atoms with Crippen LogP contribution >= 0.6 is 22.9 Å². The average Bonchev–Trinajstić information content (AvgIpc) is 3.29. The maximum Gasteiger partial charge on any atom is 0.264 e. The molecule has 0 radical (unpaired) electrons. The Morgan fingerprint density at radius 3 is 2.71 bits per heavy atom. The van der Waals surface area contributed by atoms with Gasteiger partial charge in [-0.3, -0.25) is 4.79 Å². The standard InChI is InChI=1S/C21H24ClN3O2S/c1-4-8-15-12-18(28-14(15)3)21(26)25(11-5-2)13-19-23-24-20(27-19)16-9-6-7-10-17(16)22/h6-7,9-10,12H,4-5,8,11,13H2,1-3H3. The van der Waals surface area contributed by atoms with Crippen molar-refractivity contribution in [3.05, 3.63) is 56.6 Å². The summed E-state index contributed by atoms with van der Waals surface area (Å²) in [4.78, 5) is 16.8. The second kappa shape index (κ2) is 9.34. The summed E-state index contributed by atoms with van der Waals surface area (Å²) in [6.07, 6.45) is 2.91. The molecule has 3 aromatic rings. The highest BCUT2D eigenvalue weighted by molar-refractivity contribution is 7.14. The average molecular weight is 418 g/mol. The van der Waals surface area contributed by atoms with Gasteiger partial charge in [0.15, 0.2) is 0 Å². The summed E-state index contributed by atoms with van der Waals surface area (Å²) in [7, 11) is 0. The van der Waals surface area contributed by atoms with Crippen LogP contribution in [0.5, 0.6) is 0 Å². The van der Waals surface area contributed by atoms with E-state index < -0.39 is 0 Å². The number of hydrogen-bond donors (Lipinski definition) is 0. The monoisotopic (exact) mass is 417 g/mol. The first-order chi connectivity index (χ1) is 13.5. The minimum Gasteiger partial charge on any atom is -0.419 e. The molecule has 0 saturated heterocycles. The zero-order valence-corrected chi connectivity index (χ0v) is 17.9. The number of amides is 1. The van der Waals surface area contributed by atoms with Gasteiger partial charge >= 0.3 is 0 Å².